The molecule has 0 saturated carbocycles. The first-order chi connectivity index (χ1) is 13.4. The van der Waals surface area contributed by atoms with Crippen LogP contribution in [0.25, 0.3) is 0 Å². The second-order valence-electron chi connectivity index (χ2n) is 6.78. The summed E-state index contributed by atoms with van der Waals surface area (Å²) in [5.41, 5.74) is 0.730. The molecule has 8 heteroatoms. The first-order valence-corrected chi connectivity index (χ1v) is 9.60. The number of ether oxygens (including phenoxy) is 1. The van der Waals surface area contributed by atoms with Crippen LogP contribution in [0.1, 0.15) is 32.3 Å². The molecule has 0 radical (unpaired) electrons. The van der Waals surface area contributed by atoms with Crippen LogP contribution in [0.2, 0.25) is 0 Å². The van der Waals surface area contributed by atoms with Gasteiger partial charge in [-0.1, -0.05) is 12.1 Å². The standard InChI is InChI=1S/C20H28FN3O4/c1-3-28-20(27)23-11-8-18(9-12-23)24(15(2)25)13-10-22-19(26)14-16-4-6-17(21)7-5-16/h4-7,18H,3,8-14H2,1-2H3,(H,22,26). The van der Waals surface area contributed by atoms with Crippen LogP contribution in [-0.2, 0) is 20.7 Å². The molecule has 1 N–H and O–H groups in total. The second-order valence-corrected chi connectivity index (χ2v) is 6.78. The van der Waals surface area contributed by atoms with Gasteiger partial charge in [-0.15, -0.1) is 0 Å². The molecule has 154 valence electrons. The van der Waals surface area contributed by atoms with Gasteiger partial charge >= 0.3 is 6.09 Å². The molecule has 7 nitrogen and oxygen atoms in total. The quantitative estimate of drug-likeness (QED) is 0.768. The van der Waals surface area contributed by atoms with Crippen molar-refractivity contribution in [2.24, 2.45) is 0 Å². The smallest absolute Gasteiger partial charge is 0.409 e. The Morgan fingerprint density at radius 2 is 1.86 bits per heavy atom. The Bertz CT molecular complexity index is 673. The van der Waals surface area contributed by atoms with Gasteiger partial charge in [0, 0.05) is 39.1 Å². The molecule has 1 aromatic rings. The first-order valence-electron chi connectivity index (χ1n) is 9.60. The van der Waals surface area contributed by atoms with Crippen LogP contribution < -0.4 is 5.32 Å². The zero-order valence-electron chi connectivity index (χ0n) is 16.4. The maximum Gasteiger partial charge on any atom is 0.409 e. The number of hydrogen-bond acceptors (Lipinski definition) is 4. The van der Waals surface area contributed by atoms with Crippen LogP contribution in [0.5, 0.6) is 0 Å². The average molecular weight is 393 g/mol. The molecular weight excluding hydrogens is 365 g/mol. The highest BCUT2D eigenvalue weighted by molar-refractivity contribution is 5.78. The molecule has 2 rings (SSSR count). The molecule has 1 fully saturated rings. The Morgan fingerprint density at radius 1 is 1.21 bits per heavy atom. The fraction of sp³-hybridized carbons (Fsp3) is 0.550. The molecule has 0 aromatic heterocycles. The monoisotopic (exact) mass is 393 g/mol. The number of amides is 3. The van der Waals surface area contributed by atoms with E-state index in [1.165, 1.54) is 19.1 Å². The van der Waals surface area contributed by atoms with Crippen molar-refractivity contribution >= 4 is 17.9 Å². The lowest BCUT2D eigenvalue weighted by atomic mass is 10.0. The summed E-state index contributed by atoms with van der Waals surface area (Å²) in [7, 11) is 0. The number of rotatable bonds is 7. The summed E-state index contributed by atoms with van der Waals surface area (Å²) in [6.45, 7) is 5.47. The molecule has 1 heterocycles. The molecule has 1 aliphatic heterocycles. The van der Waals surface area contributed by atoms with Crippen molar-refractivity contribution in [1.82, 2.24) is 15.1 Å². The van der Waals surface area contributed by atoms with E-state index in [2.05, 4.69) is 5.32 Å². The van der Waals surface area contributed by atoms with Crippen molar-refractivity contribution in [2.45, 2.75) is 39.2 Å². The number of halogens is 1. The fourth-order valence-corrected chi connectivity index (χ4v) is 3.34. The maximum absolute atomic E-state index is 12.9. The Morgan fingerprint density at radius 3 is 2.43 bits per heavy atom. The van der Waals surface area contributed by atoms with E-state index in [0.717, 1.165) is 5.56 Å². The zero-order chi connectivity index (χ0) is 20.5. The Hall–Kier alpha value is -2.64. The lowest BCUT2D eigenvalue weighted by Crippen LogP contribution is -2.50. The summed E-state index contributed by atoms with van der Waals surface area (Å²) >= 11 is 0. The number of likely N-dealkylation sites (tertiary alicyclic amines) is 1. The van der Waals surface area contributed by atoms with Gasteiger partial charge in [-0.2, -0.15) is 0 Å². The predicted molar refractivity (Wildman–Crippen MR) is 102 cm³/mol. The van der Waals surface area contributed by atoms with Crippen LogP contribution in [-0.4, -0.2) is 66.5 Å². The minimum Gasteiger partial charge on any atom is -0.450 e. The number of benzene rings is 1. The normalized spacial score (nSPS) is 14.5. The predicted octanol–water partition coefficient (Wildman–Crippen LogP) is 1.95. The van der Waals surface area contributed by atoms with Gasteiger partial charge in [-0.3, -0.25) is 9.59 Å². The Balaban J connectivity index is 1.77. The van der Waals surface area contributed by atoms with E-state index in [-0.39, 0.29) is 36.2 Å². The van der Waals surface area contributed by atoms with Gasteiger partial charge in [0.25, 0.3) is 0 Å². The summed E-state index contributed by atoms with van der Waals surface area (Å²) in [5, 5.41) is 2.80. The summed E-state index contributed by atoms with van der Waals surface area (Å²) < 4.78 is 17.9. The molecular formula is C20H28FN3O4. The number of carbonyl (C=O) groups is 3. The van der Waals surface area contributed by atoms with Crippen LogP contribution in [0.4, 0.5) is 9.18 Å². The Kier molecular flexibility index (Phi) is 8.22. The SMILES string of the molecule is CCOC(=O)N1CCC(N(CCNC(=O)Cc2ccc(F)cc2)C(C)=O)CC1. The van der Waals surface area contributed by atoms with E-state index in [0.29, 0.717) is 45.6 Å². The van der Waals surface area contributed by atoms with Crippen LogP contribution in [0.15, 0.2) is 24.3 Å². The Labute approximate surface area is 164 Å². The van der Waals surface area contributed by atoms with Crippen LogP contribution in [0.3, 0.4) is 0 Å². The molecule has 0 aliphatic carbocycles. The van der Waals surface area contributed by atoms with Crippen molar-refractivity contribution < 1.29 is 23.5 Å². The summed E-state index contributed by atoms with van der Waals surface area (Å²) in [6.07, 6.45) is 1.21. The van der Waals surface area contributed by atoms with Crippen molar-refractivity contribution in [1.29, 1.82) is 0 Å². The van der Waals surface area contributed by atoms with E-state index in [1.54, 1.807) is 28.9 Å². The summed E-state index contributed by atoms with van der Waals surface area (Å²) in [6, 6.07) is 5.84. The van der Waals surface area contributed by atoms with Gasteiger partial charge in [-0.05, 0) is 37.5 Å². The molecule has 28 heavy (non-hydrogen) atoms. The van der Waals surface area contributed by atoms with Crippen LogP contribution >= 0.6 is 0 Å². The topological polar surface area (TPSA) is 79.0 Å². The molecule has 3 amide bonds. The van der Waals surface area contributed by atoms with Crippen LogP contribution in [0, 0.1) is 5.82 Å². The van der Waals surface area contributed by atoms with E-state index in [1.807, 2.05) is 0 Å². The highest BCUT2D eigenvalue weighted by Gasteiger charge is 2.28. The van der Waals surface area contributed by atoms with E-state index in [4.69, 9.17) is 4.74 Å². The third-order valence-electron chi connectivity index (χ3n) is 4.79. The molecule has 0 unspecified atom stereocenters. The van der Waals surface area contributed by atoms with Crippen molar-refractivity contribution in [3.8, 4) is 0 Å². The average Bonchev–Trinajstić information content (AvgIpc) is 2.67. The number of nitrogens with one attached hydrogen (secondary N) is 1. The number of piperidine rings is 1. The zero-order valence-corrected chi connectivity index (χ0v) is 16.4. The minimum atomic E-state index is -0.338. The van der Waals surface area contributed by atoms with E-state index >= 15 is 0 Å². The number of nitrogens with zero attached hydrogens (tertiary/aromatic N) is 2. The first kappa shape index (κ1) is 21.7. The van der Waals surface area contributed by atoms with Gasteiger partial charge < -0.3 is 19.9 Å². The minimum absolute atomic E-state index is 0.0391. The van der Waals surface area contributed by atoms with E-state index in [9.17, 15) is 18.8 Å². The van der Waals surface area contributed by atoms with Gasteiger partial charge in [-0.25, -0.2) is 9.18 Å². The molecule has 1 aliphatic rings. The second kappa shape index (κ2) is 10.6. The van der Waals surface area contributed by atoms with Gasteiger partial charge in [0.05, 0.1) is 13.0 Å². The third-order valence-corrected chi connectivity index (χ3v) is 4.79. The maximum atomic E-state index is 12.9. The largest absolute Gasteiger partial charge is 0.450 e. The fourth-order valence-electron chi connectivity index (χ4n) is 3.34. The molecule has 1 saturated heterocycles. The van der Waals surface area contributed by atoms with Gasteiger partial charge in [0.15, 0.2) is 0 Å². The molecule has 1 aromatic carbocycles. The molecule has 0 spiro atoms. The highest BCUT2D eigenvalue weighted by atomic mass is 19.1. The molecule has 0 bridgehead atoms. The number of hydrogen-bond donors (Lipinski definition) is 1. The van der Waals surface area contributed by atoms with Crippen molar-refractivity contribution in [2.75, 3.05) is 32.8 Å². The van der Waals surface area contributed by atoms with Crippen molar-refractivity contribution in [3.63, 3.8) is 0 Å². The van der Waals surface area contributed by atoms with Crippen molar-refractivity contribution in [3.05, 3.63) is 35.6 Å². The van der Waals surface area contributed by atoms with E-state index < -0.39 is 0 Å². The third kappa shape index (κ3) is 6.51. The molecule has 0 atom stereocenters. The highest BCUT2D eigenvalue weighted by Crippen LogP contribution is 2.17. The van der Waals surface area contributed by atoms with Gasteiger partial charge in [0.1, 0.15) is 5.82 Å². The summed E-state index contributed by atoms with van der Waals surface area (Å²) in [5.74, 6) is -0.565. The lowest BCUT2D eigenvalue weighted by molar-refractivity contribution is -0.132. The summed E-state index contributed by atoms with van der Waals surface area (Å²) in [4.78, 5) is 39.3. The van der Waals surface area contributed by atoms with Gasteiger partial charge in [0.2, 0.25) is 11.8 Å². The lowest BCUT2D eigenvalue weighted by Gasteiger charge is -2.37. The number of carbonyl (C=O) groups excluding carboxylic acids is 3.